The fourth-order valence-electron chi connectivity index (χ4n) is 2.02. The molecule has 0 aromatic heterocycles. The van der Waals surface area contributed by atoms with Gasteiger partial charge in [0.15, 0.2) is 0 Å². The van der Waals surface area contributed by atoms with Crippen molar-refractivity contribution < 1.29 is 4.39 Å². The summed E-state index contributed by atoms with van der Waals surface area (Å²) >= 11 is 7.13. The monoisotopic (exact) mass is 384 g/mol. The molecule has 0 saturated carbocycles. The zero-order chi connectivity index (χ0) is 13.7. The summed E-state index contributed by atoms with van der Waals surface area (Å²) in [7, 11) is 0. The number of rotatable bonds is 5. The zero-order valence-electron chi connectivity index (χ0n) is 10.5. The molecule has 0 fully saturated rings. The van der Waals surface area contributed by atoms with Gasteiger partial charge >= 0.3 is 0 Å². The van der Waals surface area contributed by atoms with Gasteiger partial charge in [-0.25, -0.2) is 4.39 Å². The largest absolute Gasteiger partial charge is 0.207 e. The number of alkyl halides is 1. The maximum atomic E-state index is 13.0. The van der Waals surface area contributed by atoms with E-state index < -0.39 is 0 Å². The fourth-order valence-corrected chi connectivity index (χ4v) is 3.20. The predicted octanol–water partition coefficient (Wildman–Crippen LogP) is 6.05. The summed E-state index contributed by atoms with van der Waals surface area (Å²) in [5.41, 5.74) is 2.47. The average Bonchev–Trinajstić information content (AvgIpc) is 2.42. The van der Waals surface area contributed by atoms with Crippen molar-refractivity contribution in [3.05, 3.63) is 69.9 Å². The number of aryl methyl sites for hydroxylation is 1. The first-order valence-electron chi connectivity index (χ1n) is 6.30. The molecule has 0 saturated heterocycles. The van der Waals surface area contributed by atoms with Crippen molar-refractivity contribution in [3.8, 4) is 0 Å². The summed E-state index contributed by atoms with van der Waals surface area (Å²) in [6.07, 6.45) is 3.08. The normalized spacial score (nSPS) is 12.4. The maximum absolute atomic E-state index is 13.0. The lowest BCUT2D eigenvalue weighted by Crippen LogP contribution is -1.93. The topological polar surface area (TPSA) is 0 Å². The highest BCUT2D eigenvalue weighted by atomic mass is 79.9. The highest BCUT2D eigenvalue weighted by Crippen LogP contribution is 2.29. The van der Waals surface area contributed by atoms with E-state index in [4.69, 9.17) is 0 Å². The van der Waals surface area contributed by atoms with E-state index >= 15 is 0 Å². The summed E-state index contributed by atoms with van der Waals surface area (Å²) in [6.45, 7) is 0. The van der Waals surface area contributed by atoms with Gasteiger partial charge in [-0.1, -0.05) is 68.3 Å². The van der Waals surface area contributed by atoms with Crippen LogP contribution in [-0.4, -0.2) is 0 Å². The van der Waals surface area contributed by atoms with Gasteiger partial charge in [-0.2, -0.15) is 0 Å². The van der Waals surface area contributed by atoms with Gasteiger partial charge in [0.1, 0.15) is 5.82 Å². The van der Waals surface area contributed by atoms with Gasteiger partial charge in [-0.3, -0.25) is 0 Å². The van der Waals surface area contributed by atoms with Crippen LogP contribution < -0.4 is 0 Å². The molecular formula is C16H15Br2F. The van der Waals surface area contributed by atoms with Gasteiger partial charge in [0, 0.05) is 9.30 Å². The molecule has 100 valence electrons. The van der Waals surface area contributed by atoms with E-state index in [2.05, 4.69) is 56.1 Å². The summed E-state index contributed by atoms with van der Waals surface area (Å²) in [4.78, 5) is 0.382. The van der Waals surface area contributed by atoms with Crippen LogP contribution in [0.4, 0.5) is 4.39 Å². The number of halogens is 3. The minimum absolute atomic E-state index is 0.196. The minimum Gasteiger partial charge on any atom is -0.207 e. The molecule has 0 radical (unpaired) electrons. The average molecular weight is 386 g/mol. The van der Waals surface area contributed by atoms with Crippen molar-refractivity contribution in [2.75, 3.05) is 0 Å². The molecule has 2 aromatic carbocycles. The van der Waals surface area contributed by atoms with Gasteiger partial charge in [-0.15, -0.1) is 0 Å². The molecular weight excluding hydrogens is 371 g/mol. The SMILES string of the molecule is Fc1ccc(CCCC(Br)c2ccccc2)c(Br)c1. The van der Waals surface area contributed by atoms with Crippen LogP contribution in [-0.2, 0) is 6.42 Å². The highest BCUT2D eigenvalue weighted by Gasteiger charge is 2.07. The van der Waals surface area contributed by atoms with Crippen LogP contribution in [0, 0.1) is 5.82 Å². The van der Waals surface area contributed by atoms with Crippen LogP contribution in [0.3, 0.4) is 0 Å². The third-order valence-electron chi connectivity index (χ3n) is 3.08. The number of hydrogen-bond acceptors (Lipinski definition) is 0. The van der Waals surface area contributed by atoms with E-state index in [0.717, 1.165) is 29.3 Å². The fraction of sp³-hybridized carbons (Fsp3) is 0.250. The third-order valence-corrected chi connectivity index (χ3v) is 4.80. The van der Waals surface area contributed by atoms with E-state index in [1.165, 1.54) is 17.7 Å². The van der Waals surface area contributed by atoms with Crippen LogP contribution in [0.25, 0.3) is 0 Å². The summed E-state index contributed by atoms with van der Waals surface area (Å²) < 4.78 is 13.8. The Morgan fingerprint density at radius 2 is 1.79 bits per heavy atom. The molecule has 19 heavy (non-hydrogen) atoms. The summed E-state index contributed by atoms with van der Waals surface area (Å²) in [6, 6.07) is 15.3. The van der Waals surface area contributed by atoms with Crippen LogP contribution in [0.15, 0.2) is 53.0 Å². The van der Waals surface area contributed by atoms with E-state index in [1.807, 2.05) is 12.1 Å². The van der Waals surface area contributed by atoms with E-state index in [9.17, 15) is 4.39 Å². The molecule has 0 nitrogen and oxygen atoms in total. The minimum atomic E-state index is -0.196. The Morgan fingerprint density at radius 3 is 2.47 bits per heavy atom. The number of benzene rings is 2. The molecule has 0 bridgehead atoms. The number of hydrogen-bond donors (Lipinski definition) is 0. The van der Waals surface area contributed by atoms with Gasteiger partial charge in [0.2, 0.25) is 0 Å². The Hall–Kier alpha value is -0.670. The first kappa shape index (κ1) is 14.7. The molecule has 3 heteroatoms. The van der Waals surface area contributed by atoms with Crippen molar-refractivity contribution in [3.63, 3.8) is 0 Å². The molecule has 0 spiro atoms. The zero-order valence-corrected chi connectivity index (χ0v) is 13.6. The smallest absolute Gasteiger partial charge is 0.124 e. The lowest BCUT2D eigenvalue weighted by molar-refractivity contribution is 0.625. The van der Waals surface area contributed by atoms with E-state index in [0.29, 0.717) is 4.83 Å². The van der Waals surface area contributed by atoms with Gasteiger partial charge in [0.25, 0.3) is 0 Å². The van der Waals surface area contributed by atoms with Crippen molar-refractivity contribution in [1.29, 1.82) is 0 Å². The second-order valence-electron chi connectivity index (χ2n) is 4.51. The van der Waals surface area contributed by atoms with Gasteiger partial charge in [0.05, 0.1) is 0 Å². The maximum Gasteiger partial charge on any atom is 0.124 e. The Labute approximate surface area is 130 Å². The van der Waals surface area contributed by atoms with E-state index in [1.54, 1.807) is 0 Å². The summed E-state index contributed by atoms with van der Waals surface area (Å²) in [5.74, 6) is -0.196. The van der Waals surface area contributed by atoms with Crippen LogP contribution in [0.1, 0.15) is 28.8 Å². The van der Waals surface area contributed by atoms with Crippen LogP contribution in [0.5, 0.6) is 0 Å². The molecule has 2 rings (SSSR count). The second kappa shape index (κ2) is 7.20. The molecule has 1 atom stereocenters. The van der Waals surface area contributed by atoms with Crippen molar-refractivity contribution in [2.45, 2.75) is 24.1 Å². The highest BCUT2D eigenvalue weighted by molar-refractivity contribution is 9.10. The van der Waals surface area contributed by atoms with Crippen LogP contribution >= 0.6 is 31.9 Å². The first-order valence-corrected chi connectivity index (χ1v) is 8.00. The van der Waals surface area contributed by atoms with Crippen LogP contribution in [0.2, 0.25) is 0 Å². The Kier molecular flexibility index (Phi) is 5.59. The quantitative estimate of drug-likeness (QED) is 0.549. The summed E-state index contributed by atoms with van der Waals surface area (Å²) in [5, 5.41) is 0. The molecule has 0 aliphatic rings. The lowest BCUT2D eigenvalue weighted by Gasteiger charge is -2.10. The third kappa shape index (κ3) is 4.43. The Balaban J connectivity index is 1.86. The van der Waals surface area contributed by atoms with Crippen molar-refractivity contribution in [1.82, 2.24) is 0 Å². The first-order chi connectivity index (χ1) is 9.16. The van der Waals surface area contributed by atoms with Crippen molar-refractivity contribution >= 4 is 31.9 Å². The molecule has 0 N–H and O–H groups in total. The molecule has 2 aromatic rings. The standard InChI is InChI=1S/C16H15Br2F/c17-15(12-5-2-1-3-6-12)8-4-7-13-9-10-14(19)11-16(13)18/h1-3,5-6,9-11,15H,4,7-8H2. The Morgan fingerprint density at radius 1 is 1.05 bits per heavy atom. The molecule has 0 aliphatic carbocycles. The van der Waals surface area contributed by atoms with Crippen molar-refractivity contribution in [2.24, 2.45) is 0 Å². The molecule has 0 heterocycles. The lowest BCUT2D eigenvalue weighted by atomic mass is 10.0. The second-order valence-corrected chi connectivity index (χ2v) is 6.47. The van der Waals surface area contributed by atoms with Gasteiger partial charge < -0.3 is 0 Å². The Bertz CT molecular complexity index is 526. The predicted molar refractivity (Wildman–Crippen MR) is 85.1 cm³/mol. The molecule has 1 unspecified atom stereocenters. The molecule has 0 amide bonds. The van der Waals surface area contributed by atoms with Gasteiger partial charge in [-0.05, 0) is 42.5 Å². The molecule has 0 aliphatic heterocycles. The van der Waals surface area contributed by atoms with E-state index in [-0.39, 0.29) is 5.82 Å².